The van der Waals surface area contributed by atoms with Gasteiger partial charge in [0.05, 0.1) is 12.1 Å². The number of likely N-dealkylation sites (N-methyl/N-ethyl adjacent to an activating group) is 2. The summed E-state index contributed by atoms with van der Waals surface area (Å²) >= 11 is 0. The Kier molecular flexibility index (Phi) is 11.6. The molecule has 0 aromatic rings. The highest BCUT2D eigenvalue weighted by Gasteiger charge is 2.40. The average molecular weight is 548 g/mol. The first-order valence-corrected chi connectivity index (χ1v) is 14.7. The second kappa shape index (κ2) is 13.8. The molecule has 222 valence electrons. The fourth-order valence-corrected chi connectivity index (χ4v) is 5.85. The molecule has 2 heterocycles. The van der Waals surface area contributed by atoms with Crippen LogP contribution in [0.2, 0.25) is 0 Å². The van der Waals surface area contributed by atoms with E-state index in [9.17, 15) is 19.2 Å². The first kappa shape index (κ1) is 32.8. The van der Waals surface area contributed by atoms with E-state index in [-0.39, 0.29) is 47.7 Å². The van der Waals surface area contributed by atoms with E-state index in [1.165, 1.54) is 0 Å². The number of amides is 4. The summed E-state index contributed by atoms with van der Waals surface area (Å²) in [5.41, 5.74) is 0.000316. The number of hydrogen-bond donors (Lipinski definition) is 2. The molecular weight excluding hydrogens is 494 g/mol. The number of hydrogen-bond acceptors (Lipinski definition) is 5. The lowest BCUT2D eigenvalue weighted by molar-refractivity contribution is -0.142. The van der Waals surface area contributed by atoms with Crippen molar-refractivity contribution in [1.82, 2.24) is 25.3 Å². The molecule has 9 nitrogen and oxygen atoms in total. The van der Waals surface area contributed by atoms with E-state index in [0.717, 1.165) is 32.2 Å². The van der Waals surface area contributed by atoms with Crippen molar-refractivity contribution in [2.24, 2.45) is 11.3 Å². The Hall–Kier alpha value is -2.42. The molecule has 2 rings (SSSR count). The number of likely N-dealkylation sites (tertiary alicyclic amines) is 2. The summed E-state index contributed by atoms with van der Waals surface area (Å²) in [6.45, 7) is 17.3. The molecule has 0 saturated carbocycles. The lowest BCUT2D eigenvalue weighted by Gasteiger charge is -2.41. The quantitative estimate of drug-likeness (QED) is 0.432. The number of carbonyl (C=O) groups is 4. The Balaban J connectivity index is 2.27. The maximum absolute atomic E-state index is 14.0. The molecule has 2 saturated heterocycles. The van der Waals surface area contributed by atoms with Crippen LogP contribution >= 0.6 is 0 Å². The van der Waals surface area contributed by atoms with Crippen LogP contribution in [-0.4, -0.2) is 95.7 Å². The van der Waals surface area contributed by atoms with Gasteiger partial charge in [0.25, 0.3) is 0 Å². The highest BCUT2D eigenvalue weighted by atomic mass is 16.2. The largest absolute Gasteiger partial charge is 0.357 e. The second-order valence-corrected chi connectivity index (χ2v) is 13.0. The van der Waals surface area contributed by atoms with Crippen LogP contribution in [0.15, 0.2) is 11.6 Å². The molecular formula is C30H53N5O4. The molecule has 0 aromatic carbocycles. The maximum atomic E-state index is 14.0. The SMILES string of the molecule is CNC(=O)[C@@H]1CCCN1C(=O)C(C)=C[C@H](C(C)C)N(C)C(=O)[C@@H](NC(=O)C1CCCCN1C(C)C)C(C)(C)C. The van der Waals surface area contributed by atoms with Crippen molar-refractivity contribution in [2.45, 2.75) is 118 Å². The highest BCUT2D eigenvalue weighted by Crippen LogP contribution is 2.26. The van der Waals surface area contributed by atoms with Crippen LogP contribution in [0.1, 0.15) is 87.5 Å². The standard InChI is InChI=1S/C30H53N5O4/c1-19(2)24(18-21(5)28(38)35-17-13-15-22(35)26(36)31-9)33(10)29(39)25(30(6,7)8)32-27(37)23-14-11-12-16-34(23)20(3)4/h18-20,22-25H,11-17H2,1-10H3,(H,31,36)(H,32,37)/t22-,23?,24+,25+/m0/s1. The van der Waals surface area contributed by atoms with Crippen molar-refractivity contribution < 1.29 is 19.2 Å². The Labute approximate surface area is 236 Å². The van der Waals surface area contributed by atoms with E-state index < -0.39 is 17.5 Å². The van der Waals surface area contributed by atoms with Crippen molar-refractivity contribution in [2.75, 3.05) is 27.2 Å². The van der Waals surface area contributed by atoms with Gasteiger partial charge >= 0.3 is 0 Å². The van der Waals surface area contributed by atoms with E-state index in [1.54, 1.807) is 30.8 Å². The van der Waals surface area contributed by atoms with Gasteiger partial charge in [0.1, 0.15) is 12.1 Å². The average Bonchev–Trinajstić information content (AvgIpc) is 3.37. The summed E-state index contributed by atoms with van der Waals surface area (Å²) in [5.74, 6) is -0.579. The van der Waals surface area contributed by atoms with Crippen molar-refractivity contribution >= 4 is 23.6 Å². The fourth-order valence-electron chi connectivity index (χ4n) is 5.85. The molecule has 4 atom stereocenters. The topological polar surface area (TPSA) is 102 Å². The van der Waals surface area contributed by atoms with E-state index >= 15 is 0 Å². The van der Waals surface area contributed by atoms with Gasteiger partial charge in [-0.25, -0.2) is 0 Å². The minimum Gasteiger partial charge on any atom is -0.357 e. The lowest BCUT2D eigenvalue weighted by Crippen LogP contribution is -2.60. The van der Waals surface area contributed by atoms with Crippen molar-refractivity contribution in [3.8, 4) is 0 Å². The first-order valence-electron chi connectivity index (χ1n) is 14.7. The van der Waals surface area contributed by atoms with Crippen molar-refractivity contribution in [3.63, 3.8) is 0 Å². The molecule has 0 radical (unpaired) electrons. The van der Waals surface area contributed by atoms with Gasteiger partial charge in [0, 0.05) is 32.3 Å². The van der Waals surface area contributed by atoms with E-state index in [1.807, 2.05) is 40.7 Å². The van der Waals surface area contributed by atoms with Crippen LogP contribution in [0, 0.1) is 11.3 Å². The van der Waals surface area contributed by atoms with Crippen molar-refractivity contribution in [3.05, 3.63) is 11.6 Å². The van der Waals surface area contributed by atoms with Gasteiger partial charge < -0.3 is 20.4 Å². The molecule has 0 aromatic heterocycles. The van der Waals surface area contributed by atoms with Crippen LogP contribution in [0.3, 0.4) is 0 Å². The molecule has 4 amide bonds. The Bertz CT molecular complexity index is 923. The number of nitrogens with one attached hydrogen (secondary N) is 2. The molecule has 2 N–H and O–H groups in total. The van der Waals surface area contributed by atoms with Gasteiger partial charge in [-0.15, -0.1) is 0 Å². The Morgan fingerprint density at radius 2 is 1.54 bits per heavy atom. The highest BCUT2D eigenvalue weighted by molar-refractivity contribution is 5.97. The van der Waals surface area contributed by atoms with Crippen LogP contribution in [0.4, 0.5) is 0 Å². The third kappa shape index (κ3) is 8.05. The molecule has 0 spiro atoms. The summed E-state index contributed by atoms with van der Waals surface area (Å²) in [7, 11) is 3.33. The number of carbonyl (C=O) groups excluding carboxylic acids is 4. The summed E-state index contributed by atoms with van der Waals surface area (Å²) in [5, 5.41) is 5.77. The van der Waals surface area contributed by atoms with E-state index in [4.69, 9.17) is 0 Å². The smallest absolute Gasteiger partial charge is 0.249 e. The molecule has 1 unspecified atom stereocenters. The third-order valence-corrected chi connectivity index (χ3v) is 8.21. The van der Waals surface area contributed by atoms with Gasteiger partial charge in [0.2, 0.25) is 23.6 Å². The third-order valence-electron chi connectivity index (χ3n) is 8.21. The fraction of sp³-hybridized carbons (Fsp3) is 0.800. The predicted molar refractivity (Wildman–Crippen MR) is 155 cm³/mol. The maximum Gasteiger partial charge on any atom is 0.249 e. The second-order valence-electron chi connectivity index (χ2n) is 13.0. The molecule has 0 aliphatic carbocycles. The summed E-state index contributed by atoms with van der Waals surface area (Å²) in [6.07, 6.45) is 6.14. The van der Waals surface area contributed by atoms with Crippen LogP contribution < -0.4 is 10.6 Å². The van der Waals surface area contributed by atoms with Gasteiger partial charge in [0.15, 0.2) is 0 Å². The number of rotatable bonds is 9. The molecule has 2 aliphatic rings. The zero-order chi connectivity index (χ0) is 29.7. The van der Waals surface area contributed by atoms with Gasteiger partial charge in [-0.1, -0.05) is 47.1 Å². The predicted octanol–water partition coefficient (Wildman–Crippen LogP) is 2.95. The van der Waals surface area contributed by atoms with E-state index in [0.29, 0.717) is 18.5 Å². The number of piperidine rings is 1. The van der Waals surface area contributed by atoms with Crippen LogP contribution in [0.25, 0.3) is 0 Å². The molecule has 2 fully saturated rings. The van der Waals surface area contributed by atoms with Crippen LogP contribution in [-0.2, 0) is 19.2 Å². The molecule has 39 heavy (non-hydrogen) atoms. The van der Waals surface area contributed by atoms with Gasteiger partial charge in [-0.05, 0) is 64.3 Å². The zero-order valence-corrected chi connectivity index (χ0v) is 26.0. The summed E-state index contributed by atoms with van der Waals surface area (Å²) in [4.78, 5) is 58.6. The monoisotopic (exact) mass is 547 g/mol. The van der Waals surface area contributed by atoms with Gasteiger partial charge in [-0.2, -0.15) is 0 Å². The molecule has 2 aliphatic heterocycles. The normalized spacial score (nSPS) is 22.6. The minimum absolute atomic E-state index is 0.0288. The van der Waals surface area contributed by atoms with E-state index in [2.05, 4.69) is 29.4 Å². The summed E-state index contributed by atoms with van der Waals surface area (Å²) < 4.78 is 0. The summed E-state index contributed by atoms with van der Waals surface area (Å²) in [6, 6.07) is -1.52. The van der Waals surface area contributed by atoms with Gasteiger partial charge in [-0.3, -0.25) is 24.1 Å². The first-order chi connectivity index (χ1) is 18.1. The van der Waals surface area contributed by atoms with Crippen molar-refractivity contribution in [1.29, 1.82) is 0 Å². The zero-order valence-electron chi connectivity index (χ0n) is 26.0. The number of nitrogens with zero attached hydrogens (tertiary/aromatic N) is 3. The lowest BCUT2D eigenvalue weighted by atomic mass is 9.84. The van der Waals surface area contributed by atoms with Crippen LogP contribution in [0.5, 0.6) is 0 Å². The molecule has 0 bridgehead atoms. The Morgan fingerprint density at radius 1 is 0.923 bits per heavy atom. The Morgan fingerprint density at radius 3 is 2.08 bits per heavy atom. The molecule has 9 heteroatoms. The minimum atomic E-state index is -0.715.